The molecule has 1 aliphatic rings. The largest absolute Gasteiger partial charge is 0.346 e. The molecule has 1 aromatic heterocycles. The maximum atomic E-state index is 4.36. The molecule has 0 amide bonds. The molecule has 0 spiro atoms. The van der Waals surface area contributed by atoms with Crippen LogP contribution in [0, 0.1) is 6.92 Å². The molecular formula is C9H15N3. The van der Waals surface area contributed by atoms with Gasteiger partial charge < -0.3 is 10.3 Å². The van der Waals surface area contributed by atoms with Crippen molar-refractivity contribution in [2.24, 2.45) is 0 Å². The second kappa shape index (κ2) is 3.27. The topological polar surface area (TPSA) is 40.7 Å². The minimum atomic E-state index is 0.653. The molecule has 66 valence electrons. The van der Waals surface area contributed by atoms with Crippen molar-refractivity contribution in [2.45, 2.75) is 25.7 Å². The Labute approximate surface area is 72.6 Å². The lowest BCUT2D eigenvalue weighted by Gasteiger charge is -2.20. The van der Waals surface area contributed by atoms with Crippen molar-refractivity contribution in [3.63, 3.8) is 0 Å². The van der Waals surface area contributed by atoms with Crippen molar-refractivity contribution in [1.29, 1.82) is 0 Å². The molecule has 3 nitrogen and oxygen atoms in total. The number of imidazole rings is 1. The minimum absolute atomic E-state index is 0.653. The fourth-order valence-corrected chi connectivity index (χ4v) is 1.74. The highest BCUT2D eigenvalue weighted by molar-refractivity contribution is 5.04. The third kappa shape index (κ3) is 1.50. The van der Waals surface area contributed by atoms with E-state index in [-0.39, 0.29) is 0 Å². The molecule has 1 aromatic rings. The van der Waals surface area contributed by atoms with E-state index in [1.807, 2.05) is 6.20 Å². The number of rotatable bonds is 1. The summed E-state index contributed by atoms with van der Waals surface area (Å²) in [4.78, 5) is 7.66. The molecule has 0 atom stereocenters. The van der Waals surface area contributed by atoms with Gasteiger partial charge in [-0.25, -0.2) is 4.98 Å². The van der Waals surface area contributed by atoms with Gasteiger partial charge in [0, 0.05) is 17.8 Å². The van der Waals surface area contributed by atoms with Crippen molar-refractivity contribution in [2.75, 3.05) is 13.1 Å². The van der Waals surface area contributed by atoms with Crippen molar-refractivity contribution < 1.29 is 0 Å². The lowest BCUT2D eigenvalue weighted by Crippen LogP contribution is -2.27. The van der Waals surface area contributed by atoms with Gasteiger partial charge in [0.15, 0.2) is 0 Å². The lowest BCUT2D eigenvalue weighted by molar-refractivity contribution is 0.447. The molecule has 1 saturated heterocycles. The summed E-state index contributed by atoms with van der Waals surface area (Å²) in [5, 5.41) is 3.35. The zero-order valence-electron chi connectivity index (χ0n) is 7.43. The van der Waals surface area contributed by atoms with E-state index >= 15 is 0 Å². The number of aromatic nitrogens is 2. The monoisotopic (exact) mass is 165 g/mol. The van der Waals surface area contributed by atoms with Crippen LogP contribution in [0.2, 0.25) is 0 Å². The normalized spacial score (nSPS) is 19.8. The van der Waals surface area contributed by atoms with Gasteiger partial charge in [0.1, 0.15) is 5.82 Å². The number of hydrogen-bond acceptors (Lipinski definition) is 2. The van der Waals surface area contributed by atoms with Gasteiger partial charge in [-0.1, -0.05) is 0 Å². The number of nitrogens with zero attached hydrogens (tertiary/aromatic N) is 1. The van der Waals surface area contributed by atoms with Crippen LogP contribution in [0.1, 0.15) is 30.3 Å². The summed E-state index contributed by atoms with van der Waals surface area (Å²) in [7, 11) is 0. The smallest absolute Gasteiger partial charge is 0.109 e. The number of aromatic amines is 1. The van der Waals surface area contributed by atoms with Crippen molar-refractivity contribution >= 4 is 0 Å². The Morgan fingerprint density at radius 3 is 2.75 bits per heavy atom. The first-order valence-corrected chi connectivity index (χ1v) is 4.58. The summed E-state index contributed by atoms with van der Waals surface area (Å²) in [5.41, 5.74) is 1.17. The number of aryl methyl sites for hydroxylation is 1. The predicted molar refractivity (Wildman–Crippen MR) is 48.2 cm³/mol. The highest BCUT2D eigenvalue weighted by atomic mass is 14.9. The number of hydrogen-bond donors (Lipinski definition) is 2. The lowest BCUT2D eigenvalue weighted by atomic mass is 9.98. The number of piperidine rings is 1. The molecule has 3 heteroatoms. The fourth-order valence-electron chi connectivity index (χ4n) is 1.74. The molecule has 0 aliphatic carbocycles. The number of H-pyrrole nitrogens is 1. The average Bonchev–Trinajstić information content (AvgIpc) is 2.54. The van der Waals surface area contributed by atoms with Crippen molar-refractivity contribution in [1.82, 2.24) is 15.3 Å². The highest BCUT2D eigenvalue weighted by Crippen LogP contribution is 2.21. The Morgan fingerprint density at radius 1 is 1.42 bits per heavy atom. The van der Waals surface area contributed by atoms with Gasteiger partial charge in [-0.3, -0.25) is 0 Å². The van der Waals surface area contributed by atoms with Gasteiger partial charge >= 0.3 is 0 Å². The summed E-state index contributed by atoms with van der Waals surface area (Å²) in [6.45, 7) is 4.31. The van der Waals surface area contributed by atoms with E-state index in [1.54, 1.807) is 0 Å². The summed E-state index contributed by atoms with van der Waals surface area (Å²) < 4.78 is 0. The Hall–Kier alpha value is -0.830. The van der Waals surface area contributed by atoms with Crippen LogP contribution in [0.3, 0.4) is 0 Å². The average molecular weight is 165 g/mol. The summed E-state index contributed by atoms with van der Waals surface area (Å²) in [5.74, 6) is 1.83. The Kier molecular flexibility index (Phi) is 2.13. The van der Waals surface area contributed by atoms with E-state index in [0.29, 0.717) is 5.92 Å². The standard InChI is InChI=1S/C9H15N3/c1-7-6-11-9(12-7)8-2-4-10-5-3-8/h6,8,10H,2-5H2,1H3,(H,11,12). The number of nitrogens with one attached hydrogen (secondary N) is 2. The van der Waals surface area contributed by atoms with Crippen molar-refractivity contribution in [3.8, 4) is 0 Å². The van der Waals surface area contributed by atoms with E-state index in [1.165, 1.54) is 24.4 Å². The first kappa shape index (κ1) is 7.80. The molecule has 0 aromatic carbocycles. The van der Waals surface area contributed by atoms with Crippen LogP contribution in [-0.4, -0.2) is 23.1 Å². The second-order valence-corrected chi connectivity index (χ2v) is 3.48. The molecule has 1 aliphatic heterocycles. The molecule has 0 unspecified atom stereocenters. The minimum Gasteiger partial charge on any atom is -0.346 e. The van der Waals surface area contributed by atoms with E-state index in [9.17, 15) is 0 Å². The van der Waals surface area contributed by atoms with Gasteiger partial charge in [-0.2, -0.15) is 0 Å². The first-order chi connectivity index (χ1) is 5.86. The van der Waals surface area contributed by atoms with E-state index in [4.69, 9.17) is 0 Å². The van der Waals surface area contributed by atoms with Gasteiger partial charge in [0.2, 0.25) is 0 Å². The van der Waals surface area contributed by atoms with Crippen LogP contribution in [-0.2, 0) is 0 Å². The molecule has 0 bridgehead atoms. The summed E-state index contributed by atoms with van der Waals surface area (Å²) >= 11 is 0. The molecule has 2 N–H and O–H groups in total. The van der Waals surface area contributed by atoms with E-state index in [2.05, 4.69) is 22.2 Å². The quantitative estimate of drug-likeness (QED) is 0.656. The molecule has 2 rings (SSSR count). The molecule has 0 saturated carbocycles. The van der Waals surface area contributed by atoms with Crippen LogP contribution in [0.25, 0.3) is 0 Å². The highest BCUT2D eigenvalue weighted by Gasteiger charge is 2.16. The van der Waals surface area contributed by atoms with E-state index < -0.39 is 0 Å². The van der Waals surface area contributed by atoms with Crippen LogP contribution in [0.4, 0.5) is 0 Å². The molecule has 12 heavy (non-hydrogen) atoms. The fraction of sp³-hybridized carbons (Fsp3) is 0.667. The molecule has 2 heterocycles. The summed E-state index contributed by atoms with van der Waals surface area (Å²) in [6.07, 6.45) is 4.34. The summed E-state index contributed by atoms with van der Waals surface area (Å²) in [6, 6.07) is 0. The van der Waals surface area contributed by atoms with Gasteiger partial charge in [-0.15, -0.1) is 0 Å². The van der Waals surface area contributed by atoms with Crippen molar-refractivity contribution in [3.05, 3.63) is 17.7 Å². The van der Waals surface area contributed by atoms with Gasteiger partial charge in [0.25, 0.3) is 0 Å². The zero-order valence-corrected chi connectivity index (χ0v) is 7.43. The zero-order chi connectivity index (χ0) is 8.39. The Morgan fingerprint density at radius 2 is 2.17 bits per heavy atom. The van der Waals surface area contributed by atoms with Crippen LogP contribution in [0.15, 0.2) is 6.20 Å². The third-order valence-electron chi connectivity index (χ3n) is 2.45. The maximum absolute atomic E-state index is 4.36. The maximum Gasteiger partial charge on any atom is 0.109 e. The molecular weight excluding hydrogens is 150 g/mol. The second-order valence-electron chi connectivity index (χ2n) is 3.48. The Balaban J connectivity index is 2.08. The first-order valence-electron chi connectivity index (χ1n) is 4.58. The van der Waals surface area contributed by atoms with Gasteiger partial charge in [-0.05, 0) is 32.9 Å². The van der Waals surface area contributed by atoms with E-state index in [0.717, 1.165) is 13.1 Å². The predicted octanol–water partition coefficient (Wildman–Crippen LogP) is 1.19. The van der Waals surface area contributed by atoms with Crippen LogP contribution >= 0.6 is 0 Å². The van der Waals surface area contributed by atoms with Crippen LogP contribution in [0.5, 0.6) is 0 Å². The van der Waals surface area contributed by atoms with Crippen LogP contribution < -0.4 is 5.32 Å². The SMILES string of the molecule is Cc1cnc(C2CCNCC2)[nH]1. The molecule has 0 radical (unpaired) electrons. The Bertz CT molecular complexity index is 248. The van der Waals surface area contributed by atoms with Gasteiger partial charge in [0.05, 0.1) is 0 Å². The third-order valence-corrected chi connectivity index (χ3v) is 2.45. The molecule has 1 fully saturated rings.